The number of hydrogen-bond donors (Lipinski definition) is 4. The van der Waals surface area contributed by atoms with Gasteiger partial charge in [-0.05, 0) is 135 Å². The molecule has 0 saturated heterocycles. The van der Waals surface area contributed by atoms with E-state index in [1.165, 1.54) is 96.3 Å². The van der Waals surface area contributed by atoms with Gasteiger partial charge in [0.2, 0.25) is 0 Å². The summed E-state index contributed by atoms with van der Waals surface area (Å²) in [5, 5.41) is 20.7. The number of phosphoric ester groups is 2. The molecular formula is C85H146O16P2. The van der Waals surface area contributed by atoms with Crippen LogP contribution in [0.2, 0.25) is 0 Å². The number of aliphatic hydroxyl groups excluding tert-OH is 2. The maximum atomic E-state index is 13.0. The fourth-order valence-corrected chi connectivity index (χ4v) is 12.3. The molecule has 0 amide bonds. The average Bonchev–Trinajstić information content (AvgIpc) is 0.915. The Morgan fingerprint density at radius 1 is 0.282 bits per heavy atom. The minimum Gasteiger partial charge on any atom is -0.463 e. The topological polar surface area (TPSA) is 231 Å². The van der Waals surface area contributed by atoms with E-state index in [2.05, 4.69) is 154 Å². The van der Waals surface area contributed by atoms with Crippen molar-refractivity contribution in [1.82, 2.24) is 0 Å². The van der Waals surface area contributed by atoms with Gasteiger partial charge in [-0.1, -0.05) is 309 Å². The highest BCUT2D eigenvalue weighted by atomic mass is 31.2. The van der Waals surface area contributed by atoms with E-state index in [0.717, 1.165) is 173 Å². The van der Waals surface area contributed by atoms with Crippen LogP contribution in [0.1, 0.15) is 329 Å². The summed E-state index contributed by atoms with van der Waals surface area (Å²) < 4.78 is 61.2. The Kier molecular flexibility index (Phi) is 74.1. The molecule has 18 heteroatoms. The molecular weight excluding hydrogens is 1340 g/mol. The van der Waals surface area contributed by atoms with Crippen molar-refractivity contribution in [3.63, 3.8) is 0 Å². The number of unbranched alkanes of at least 4 members (excludes halogenated alkanes) is 31. The Morgan fingerprint density at radius 3 is 0.825 bits per heavy atom. The zero-order chi connectivity index (χ0) is 75.2. The molecule has 0 radical (unpaired) electrons. The number of aliphatic hydroxyl groups is 2. The van der Waals surface area contributed by atoms with Crippen molar-refractivity contribution >= 4 is 33.6 Å². The standard InChI is InChI=1S/C85H146O16P2/c1-4-7-10-13-16-19-22-25-28-30-32-34-36-37-38-39-40-41-43-45-46-48-51-53-56-59-62-65-68-71-83(88)95-74-80(86)75-97-102(91,92)98-76-81(87)77-99-103(93,94)100-79-82(101-85(90)73-70-67-64-61-58-55-50-27-24-21-18-15-12-9-6-3)78-96-84(89)72-69-66-63-60-57-54-52-49-47-44-42-35-33-31-29-26-23-20-17-14-11-8-5-2/h7-8,10-11,16-17,19-20,25-29,32-35,37-38,44,47,50,80-82,86-87H,4-6,9,12-15,18,21-24,30-31,36,39-43,45-46,48-49,51-79H2,1-3H3,(H,91,92)(H,93,94)/b10-7-,11-8-,19-16-,20-17-,28-25-,29-26-,34-32-,35-33-,38-37-,47-44-,50-27-. The molecule has 4 N–H and O–H groups in total. The summed E-state index contributed by atoms with van der Waals surface area (Å²) in [6.07, 6.45) is 93.5. The zero-order valence-corrected chi connectivity index (χ0v) is 66.5. The number of carbonyl (C=O) groups is 3. The molecule has 0 aliphatic carbocycles. The maximum Gasteiger partial charge on any atom is 0.472 e. The third kappa shape index (κ3) is 78.6. The van der Waals surface area contributed by atoms with Crippen molar-refractivity contribution in [1.29, 1.82) is 0 Å². The molecule has 0 rings (SSSR count). The molecule has 103 heavy (non-hydrogen) atoms. The summed E-state index contributed by atoms with van der Waals surface area (Å²) in [6.45, 7) is 2.45. The van der Waals surface area contributed by atoms with E-state index in [-0.39, 0.29) is 19.3 Å². The number of hydrogen-bond acceptors (Lipinski definition) is 14. The van der Waals surface area contributed by atoms with Gasteiger partial charge in [-0.25, -0.2) is 9.13 Å². The normalized spacial score (nSPS) is 14.7. The number of allylic oxidation sites excluding steroid dienone is 22. The van der Waals surface area contributed by atoms with Gasteiger partial charge in [-0.15, -0.1) is 0 Å². The second-order valence-electron chi connectivity index (χ2n) is 26.8. The molecule has 0 aliphatic rings. The van der Waals surface area contributed by atoms with E-state index in [0.29, 0.717) is 19.3 Å². The van der Waals surface area contributed by atoms with Crippen LogP contribution in [0.5, 0.6) is 0 Å². The molecule has 5 unspecified atom stereocenters. The Morgan fingerprint density at radius 2 is 0.515 bits per heavy atom. The van der Waals surface area contributed by atoms with Crippen molar-refractivity contribution in [2.24, 2.45) is 0 Å². The quantitative estimate of drug-likeness (QED) is 0.0146. The Bertz CT molecular complexity index is 2410. The second-order valence-corrected chi connectivity index (χ2v) is 29.7. The highest BCUT2D eigenvalue weighted by Crippen LogP contribution is 2.45. The average molecular weight is 1490 g/mol. The van der Waals surface area contributed by atoms with E-state index < -0.39 is 91.5 Å². The summed E-state index contributed by atoms with van der Waals surface area (Å²) >= 11 is 0. The minimum atomic E-state index is -4.94. The number of phosphoric acid groups is 2. The van der Waals surface area contributed by atoms with E-state index in [4.69, 9.17) is 32.3 Å². The lowest BCUT2D eigenvalue weighted by Gasteiger charge is -2.21. The fraction of sp³-hybridized carbons (Fsp3) is 0.706. The monoisotopic (exact) mass is 1490 g/mol. The molecule has 0 aromatic heterocycles. The van der Waals surface area contributed by atoms with Crippen LogP contribution in [-0.2, 0) is 55.8 Å². The van der Waals surface area contributed by atoms with Gasteiger partial charge >= 0.3 is 33.6 Å². The Balaban J connectivity index is 4.54. The van der Waals surface area contributed by atoms with Crippen LogP contribution in [0.3, 0.4) is 0 Å². The van der Waals surface area contributed by atoms with Gasteiger partial charge in [-0.3, -0.25) is 32.5 Å². The lowest BCUT2D eigenvalue weighted by molar-refractivity contribution is -0.161. The van der Waals surface area contributed by atoms with Gasteiger partial charge in [0, 0.05) is 19.3 Å². The summed E-state index contributed by atoms with van der Waals surface area (Å²) in [6, 6.07) is 0. The maximum absolute atomic E-state index is 13.0. The highest BCUT2D eigenvalue weighted by Gasteiger charge is 2.29. The van der Waals surface area contributed by atoms with Crippen LogP contribution in [0.25, 0.3) is 0 Å². The van der Waals surface area contributed by atoms with E-state index in [1.807, 2.05) is 0 Å². The van der Waals surface area contributed by atoms with Crippen LogP contribution in [0.15, 0.2) is 134 Å². The van der Waals surface area contributed by atoms with Gasteiger partial charge < -0.3 is 34.2 Å². The molecule has 592 valence electrons. The largest absolute Gasteiger partial charge is 0.472 e. The molecule has 0 spiro atoms. The van der Waals surface area contributed by atoms with Gasteiger partial charge in [-0.2, -0.15) is 0 Å². The van der Waals surface area contributed by atoms with Gasteiger partial charge in [0.25, 0.3) is 0 Å². The molecule has 5 atom stereocenters. The van der Waals surface area contributed by atoms with E-state index in [1.54, 1.807) is 0 Å². The van der Waals surface area contributed by atoms with Crippen LogP contribution in [0.4, 0.5) is 0 Å². The zero-order valence-electron chi connectivity index (χ0n) is 64.7. The Hall–Kier alpha value is -4.31. The smallest absolute Gasteiger partial charge is 0.463 e. The molecule has 0 fully saturated rings. The van der Waals surface area contributed by atoms with Crippen LogP contribution < -0.4 is 0 Å². The third-order valence-electron chi connectivity index (χ3n) is 16.8. The number of ether oxygens (including phenoxy) is 3. The molecule has 0 aliphatic heterocycles. The molecule has 16 nitrogen and oxygen atoms in total. The molecule has 0 aromatic rings. The van der Waals surface area contributed by atoms with Gasteiger partial charge in [0.05, 0.1) is 26.4 Å². The summed E-state index contributed by atoms with van der Waals surface area (Å²) in [4.78, 5) is 58.7. The minimum absolute atomic E-state index is 0.0904. The van der Waals surface area contributed by atoms with Crippen molar-refractivity contribution in [3.8, 4) is 0 Å². The van der Waals surface area contributed by atoms with Crippen molar-refractivity contribution in [2.45, 2.75) is 347 Å². The number of esters is 3. The molecule has 0 aromatic carbocycles. The summed E-state index contributed by atoms with van der Waals surface area (Å²) in [5.74, 6) is -1.59. The SMILES string of the molecule is CC/C=C\C/C=C\C/C=C\C/C=C\C/C=C\CCCCCCCCCCCCCCCC(=O)OCC(O)COP(=O)(O)OCC(O)COP(=O)(O)OCC(COC(=O)CCCCCCCCC/C=C\C/C=C\C/C=C\C/C=C\C/C=C\CC)OC(=O)CCCCCCC/C=C\CCCCCCCC. The predicted octanol–water partition coefficient (Wildman–Crippen LogP) is 23.9. The van der Waals surface area contributed by atoms with E-state index in [9.17, 15) is 43.5 Å². The first-order valence-electron chi connectivity index (χ1n) is 40.5. The lowest BCUT2D eigenvalue weighted by atomic mass is 10.0. The van der Waals surface area contributed by atoms with E-state index >= 15 is 0 Å². The summed E-state index contributed by atoms with van der Waals surface area (Å²) in [5.41, 5.74) is 0. The predicted molar refractivity (Wildman–Crippen MR) is 426 cm³/mol. The van der Waals surface area contributed by atoms with Crippen LogP contribution >= 0.6 is 15.6 Å². The molecule has 0 heterocycles. The van der Waals surface area contributed by atoms with Crippen LogP contribution in [-0.4, -0.2) is 95.9 Å². The Labute approximate surface area is 626 Å². The number of rotatable bonds is 76. The third-order valence-corrected chi connectivity index (χ3v) is 18.7. The lowest BCUT2D eigenvalue weighted by Crippen LogP contribution is -2.30. The van der Waals surface area contributed by atoms with Crippen LogP contribution in [0, 0.1) is 0 Å². The first kappa shape index (κ1) is 98.7. The highest BCUT2D eigenvalue weighted by molar-refractivity contribution is 7.47. The molecule has 0 saturated carbocycles. The van der Waals surface area contributed by atoms with Crippen molar-refractivity contribution in [2.75, 3.05) is 39.6 Å². The van der Waals surface area contributed by atoms with Crippen molar-refractivity contribution < 1.29 is 75.8 Å². The van der Waals surface area contributed by atoms with Gasteiger partial charge in [0.15, 0.2) is 6.10 Å². The fourth-order valence-electron chi connectivity index (χ4n) is 10.7. The van der Waals surface area contributed by atoms with Crippen molar-refractivity contribution in [3.05, 3.63) is 134 Å². The molecule has 0 bridgehead atoms. The second kappa shape index (κ2) is 77.3. The number of carbonyl (C=O) groups excluding carboxylic acids is 3. The van der Waals surface area contributed by atoms with Gasteiger partial charge in [0.1, 0.15) is 25.4 Å². The first-order valence-corrected chi connectivity index (χ1v) is 43.5. The first-order chi connectivity index (χ1) is 50.2. The summed E-state index contributed by atoms with van der Waals surface area (Å²) in [7, 11) is -9.80.